The normalized spacial score (nSPS) is 47.0. The van der Waals surface area contributed by atoms with Crippen molar-refractivity contribution in [1.82, 2.24) is 0 Å². The fourth-order valence-corrected chi connectivity index (χ4v) is 7.86. The molecular weight excluding hydrogens is 348 g/mol. The van der Waals surface area contributed by atoms with E-state index in [-0.39, 0.29) is 28.1 Å². The van der Waals surface area contributed by atoms with Gasteiger partial charge in [0.25, 0.3) is 0 Å². The molecule has 1 heterocycles. The van der Waals surface area contributed by atoms with Crippen molar-refractivity contribution in [2.75, 3.05) is 0 Å². The highest BCUT2D eigenvalue weighted by atomic mass is 35.5. The third-order valence-corrected chi connectivity index (χ3v) is 9.06. The molecule has 1 unspecified atom stereocenters. The van der Waals surface area contributed by atoms with Crippen LogP contribution in [-0.2, 0) is 14.3 Å². The summed E-state index contributed by atoms with van der Waals surface area (Å²) in [6.07, 6.45) is 12.9. The van der Waals surface area contributed by atoms with Crippen molar-refractivity contribution in [2.24, 2.45) is 23.2 Å². The molecule has 5 aliphatic rings. The summed E-state index contributed by atoms with van der Waals surface area (Å²) in [7, 11) is 0. The summed E-state index contributed by atoms with van der Waals surface area (Å²) >= 11 is 6.48. The number of halogens is 1. The first kappa shape index (κ1) is 17.0. The van der Waals surface area contributed by atoms with Crippen LogP contribution in [0.1, 0.15) is 64.7 Å². The highest BCUT2D eigenvalue weighted by Crippen LogP contribution is 2.67. The van der Waals surface area contributed by atoms with Crippen molar-refractivity contribution >= 4 is 23.4 Å². The second-order valence-corrected chi connectivity index (χ2v) is 9.46. The smallest absolute Gasteiger partial charge is 0.331 e. The lowest BCUT2D eigenvalue weighted by atomic mass is 9.51. The molecule has 3 nitrogen and oxygen atoms in total. The van der Waals surface area contributed by atoms with Crippen LogP contribution in [0.2, 0.25) is 0 Å². The summed E-state index contributed by atoms with van der Waals surface area (Å²) in [5.74, 6) is 1.92. The molecular formula is C22H27ClO3. The topological polar surface area (TPSA) is 43.4 Å². The maximum absolute atomic E-state index is 12.1. The van der Waals surface area contributed by atoms with Crippen molar-refractivity contribution in [3.63, 3.8) is 0 Å². The van der Waals surface area contributed by atoms with Gasteiger partial charge in [-0.05, 0) is 80.8 Å². The molecule has 0 saturated heterocycles. The van der Waals surface area contributed by atoms with E-state index < -0.39 is 0 Å². The van der Waals surface area contributed by atoms with Crippen molar-refractivity contribution < 1.29 is 14.3 Å². The number of esters is 1. The second kappa shape index (κ2) is 5.70. The number of carbonyl (C=O) groups is 2. The minimum atomic E-state index is -0.369. The van der Waals surface area contributed by atoms with Crippen LogP contribution in [0.4, 0.5) is 0 Å². The van der Waals surface area contributed by atoms with Crippen LogP contribution < -0.4 is 0 Å². The molecule has 0 N–H and O–H groups in total. The van der Waals surface area contributed by atoms with E-state index >= 15 is 0 Å². The maximum atomic E-state index is 12.1. The van der Waals surface area contributed by atoms with Gasteiger partial charge in [0.15, 0.2) is 5.78 Å². The van der Waals surface area contributed by atoms with Gasteiger partial charge in [0, 0.05) is 17.9 Å². The minimum Gasteiger partial charge on any atom is -0.451 e. The number of ketones is 1. The van der Waals surface area contributed by atoms with Gasteiger partial charge < -0.3 is 4.74 Å². The Hall–Kier alpha value is -1.09. The van der Waals surface area contributed by atoms with E-state index in [1.807, 2.05) is 0 Å². The quantitative estimate of drug-likeness (QED) is 0.378. The number of alkyl halides is 1. The number of allylic oxidation sites excluding steroid dienone is 2. The minimum absolute atomic E-state index is 0.0970. The van der Waals surface area contributed by atoms with E-state index in [0.717, 1.165) is 51.4 Å². The SMILES string of the molecule is CC[C@]12CC[C@@H]3C4=C(CC[C@H]3[C@@H]1CC[C@@]21C=CC(=O)O1)C(Cl)C(=O)CC4. The number of hydrogen-bond acceptors (Lipinski definition) is 3. The molecule has 1 spiro atoms. The van der Waals surface area contributed by atoms with Crippen LogP contribution in [0.3, 0.4) is 0 Å². The Morgan fingerprint density at radius 2 is 1.96 bits per heavy atom. The van der Waals surface area contributed by atoms with E-state index in [0.29, 0.717) is 24.2 Å². The fraction of sp³-hybridized carbons (Fsp3) is 0.727. The van der Waals surface area contributed by atoms with Gasteiger partial charge in [-0.3, -0.25) is 4.79 Å². The standard InChI is InChI=1S/C22H27ClO3/c1-2-21-10-7-14-13-5-6-18(24)20(23)16(13)4-3-15(14)17(21)8-11-22(21)12-9-19(25)26-22/h9,12,14-15,17,20H,2-8,10-11H2,1H3/t14-,15-,17+,20?,21+,22-/m1/s1. The molecule has 0 radical (unpaired) electrons. The summed E-state index contributed by atoms with van der Waals surface area (Å²) in [4.78, 5) is 24.0. The van der Waals surface area contributed by atoms with Gasteiger partial charge in [0.2, 0.25) is 0 Å². The zero-order valence-corrected chi connectivity index (χ0v) is 16.2. The molecule has 140 valence electrons. The number of Topliss-reactive ketones (excluding diaryl/α,β-unsaturated/α-hetero) is 1. The lowest BCUT2D eigenvalue weighted by Crippen LogP contribution is -2.53. The van der Waals surface area contributed by atoms with Gasteiger partial charge in [0.05, 0.1) is 0 Å². The Kier molecular flexibility index (Phi) is 3.74. The summed E-state index contributed by atoms with van der Waals surface area (Å²) < 4.78 is 5.96. The first-order valence-corrected chi connectivity index (χ1v) is 10.8. The highest BCUT2D eigenvalue weighted by molar-refractivity contribution is 6.33. The number of fused-ring (bicyclic) bond motifs is 5. The molecule has 1 aliphatic heterocycles. The Morgan fingerprint density at radius 3 is 2.69 bits per heavy atom. The van der Waals surface area contributed by atoms with Crippen LogP contribution in [0.25, 0.3) is 0 Å². The zero-order valence-electron chi connectivity index (χ0n) is 15.4. The Balaban J connectivity index is 1.51. The number of ether oxygens (including phenoxy) is 1. The van der Waals surface area contributed by atoms with Crippen LogP contribution in [0.15, 0.2) is 23.3 Å². The molecule has 0 aromatic carbocycles. The Labute approximate surface area is 160 Å². The Morgan fingerprint density at radius 1 is 1.12 bits per heavy atom. The summed E-state index contributed by atoms with van der Waals surface area (Å²) in [5, 5.41) is -0.369. The van der Waals surface area contributed by atoms with Gasteiger partial charge in [-0.2, -0.15) is 0 Å². The molecule has 4 heteroatoms. The van der Waals surface area contributed by atoms with Crippen LogP contribution in [0, 0.1) is 23.2 Å². The maximum Gasteiger partial charge on any atom is 0.331 e. The highest BCUT2D eigenvalue weighted by Gasteiger charge is 2.65. The first-order chi connectivity index (χ1) is 12.5. The van der Waals surface area contributed by atoms with Gasteiger partial charge >= 0.3 is 5.97 Å². The molecule has 2 fully saturated rings. The lowest BCUT2D eigenvalue weighted by Gasteiger charge is -2.55. The fourth-order valence-electron chi connectivity index (χ4n) is 7.50. The van der Waals surface area contributed by atoms with Crippen molar-refractivity contribution in [3.8, 4) is 0 Å². The monoisotopic (exact) mass is 374 g/mol. The molecule has 0 aromatic rings. The number of hydrogen-bond donors (Lipinski definition) is 0. The van der Waals surface area contributed by atoms with Crippen molar-refractivity contribution in [3.05, 3.63) is 23.3 Å². The molecule has 2 saturated carbocycles. The number of rotatable bonds is 1. The van der Waals surface area contributed by atoms with Crippen LogP contribution in [-0.4, -0.2) is 22.7 Å². The largest absolute Gasteiger partial charge is 0.451 e. The van der Waals surface area contributed by atoms with Gasteiger partial charge in [0.1, 0.15) is 11.0 Å². The molecule has 0 bridgehead atoms. The predicted octanol–water partition coefficient (Wildman–Crippen LogP) is 4.73. The predicted molar refractivity (Wildman–Crippen MR) is 99.8 cm³/mol. The first-order valence-electron chi connectivity index (χ1n) is 10.3. The average molecular weight is 375 g/mol. The van der Waals surface area contributed by atoms with Crippen molar-refractivity contribution in [1.29, 1.82) is 0 Å². The summed E-state index contributed by atoms with van der Waals surface area (Å²) in [6.45, 7) is 2.28. The molecule has 0 aromatic heterocycles. The lowest BCUT2D eigenvalue weighted by molar-refractivity contribution is -0.162. The summed E-state index contributed by atoms with van der Waals surface area (Å²) in [5.41, 5.74) is 2.51. The van der Waals surface area contributed by atoms with E-state index in [1.165, 1.54) is 11.1 Å². The van der Waals surface area contributed by atoms with Crippen LogP contribution in [0.5, 0.6) is 0 Å². The van der Waals surface area contributed by atoms with Crippen LogP contribution >= 0.6 is 11.6 Å². The van der Waals surface area contributed by atoms with Gasteiger partial charge in [-0.1, -0.05) is 12.5 Å². The van der Waals surface area contributed by atoms with Crippen molar-refractivity contribution in [2.45, 2.75) is 75.7 Å². The van der Waals surface area contributed by atoms with E-state index in [1.54, 1.807) is 6.08 Å². The third-order valence-electron chi connectivity index (χ3n) is 8.55. The second-order valence-electron chi connectivity index (χ2n) is 9.03. The van der Waals surface area contributed by atoms with E-state index in [2.05, 4.69) is 13.0 Å². The summed E-state index contributed by atoms with van der Waals surface area (Å²) in [6, 6.07) is 0. The van der Waals surface area contributed by atoms with Gasteiger partial charge in [-0.15, -0.1) is 11.6 Å². The molecule has 4 aliphatic carbocycles. The average Bonchev–Trinajstić information content (AvgIpc) is 3.19. The number of carbonyl (C=O) groups excluding carboxylic acids is 2. The zero-order chi connectivity index (χ0) is 18.1. The van der Waals surface area contributed by atoms with E-state index in [4.69, 9.17) is 16.3 Å². The Bertz CT molecular complexity index is 738. The molecule has 5 rings (SSSR count). The molecule has 26 heavy (non-hydrogen) atoms. The third kappa shape index (κ3) is 2.01. The van der Waals surface area contributed by atoms with E-state index in [9.17, 15) is 9.59 Å². The van der Waals surface area contributed by atoms with Gasteiger partial charge in [-0.25, -0.2) is 4.79 Å². The molecule has 0 amide bonds. The molecule has 6 atom stereocenters.